The maximum Gasteiger partial charge on any atom is 0.309 e. The zero-order valence-corrected chi connectivity index (χ0v) is 13.0. The van der Waals surface area contributed by atoms with E-state index in [2.05, 4.69) is 11.4 Å². The minimum Gasteiger partial charge on any atom is -0.457 e. The van der Waals surface area contributed by atoms with Crippen LogP contribution in [0.4, 0.5) is 5.69 Å². The molecule has 0 saturated carbocycles. The van der Waals surface area contributed by atoms with Crippen molar-refractivity contribution in [2.24, 2.45) is 5.92 Å². The van der Waals surface area contributed by atoms with Crippen molar-refractivity contribution in [2.75, 3.05) is 11.9 Å². The molecule has 5 nitrogen and oxygen atoms in total. The van der Waals surface area contributed by atoms with Crippen LogP contribution in [0.5, 0.6) is 0 Å². The van der Waals surface area contributed by atoms with Crippen LogP contribution < -0.4 is 5.32 Å². The molecular weight excluding hydrogens is 294 g/mol. The van der Waals surface area contributed by atoms with Crippen molar-refractivity contribution in [3.63, 3.8) is 0 Å². The quantitative estimate of drug-likeness (QED) is 0.527. The molecular formula is C18H19NO4. The van der Waals surface area contributed by atoms with Gasteiger partial charge in [-0.15, -0.1) is 0 Å². The molecule has 1 aliphatic heterocycles. The second-order valence-electron chi connectivity index (χ2n) is 6.03. The van der Waals surface area contributed by atoms with Crippen molar-refractivity contribution in [2.45, 2.75) is 32.1 Å². The topological polar surface area (TPSA) is 72.5 Å². The Balaban J connectivity index is 1.62. The number of allylic oxidation sites excluding steroid dienone is 2. The summed E-state index contributed by atoms with van der Waals surface area (Å²) in [5.74, 6) is -1.04. The molecule has 0 fully saturated rings. The van der Waals surface area contributed by atoms with E-state index >= 15 is 0 Å². The number of carbonyl (C=O) groups excluding carboxylic acids is 3. The van der Waals surface area contributed by atoms with Crippen LogP contribution in [0.3, 0.4) is 0 Å². The molecule has 2 atom stereocenters. The van der Waals surface area contributed by atoms with Gasteiger partial charge in [-0.25, -0.2) is 0 Å². The predicted molar refractivity (Wildman–Crippen MR) is 85.3 cm³/mol. The number of rotatable bonds is 4. The third-order valence-electron chi connectivity index (χ3n) is 4.44. The second-order valence-corrected chi connectivity index (χ2v) is 6.03. The molecule has 3 rings (SSSR count). The number of hydrogen-bond donors (Lipinski definition) is 1. The van der Waals surface area contributed by atoms with Gasteiger partial charge in [0, 0.05) is 11.3 Å². The lowest BCUT2D eigenvalue weighted by molar-refractivity contribution is -0.147. The van der Waals surface area contributed by atoms with Gasteiger partial charge in [-0.2, -0.15) is 0 Å². The van der Waals surface area contributed by atoms with Crippen LogP contribution in [-0.2, 0) is 14.3 Å². The predicted octanol–water partition coefficient (Wildman–Crippen LogP) is 2.82. The SMILES string of the molecule is C[C@H]1C(=O)Nc2ccc(C(=O)COC(=O)[C@H]3CC=CCC3)cc21. The number of ketones is 1. The van der Waals surface area contributed by atoms with Gasteiger partial charge >= 0.3 is 5.97 Å². The van der Waals surface area contributed by atoms with Crippen LogP contribution in [0.25, 0.3) is 0 Å². The first-order valence-corrected chi connectivity index (χ1v) is 7.86. The van der Waals surface area contributed by atoms with Crippen molar-refractivity contribution < 1.29 is 19.1 Å². The normalized spacial score (nSPS) is 22.4. The standard InChI is InChI=1S/C18H19NO4/c1-11-14-9-13(7-8-15(14)19-17(11)21)16(20)10-23-18(22)12-5-3-2-4-6-12/h2-3,7-9,11-12H,4-6,10H2,1H3,(H,19,21)/t11-,12+/m1/s1. The molecule has 1 aromatic carbocycles. The van der Waals surface area contributed by atoms with Crippen LogP contribution in [0, 0.1) is 5.92 Å². The summed E-state index contributed by atoms with van der Waals surface area (Å²) in [6.07, 6.45) is 6.35. The number of ether oxygens (including phenoxy) is 1. The Kier molecular flexibility index (Phi) is 4.28. The number of Topliss-reactive ketones (excluding diaryl/α,β-unsaturated/α-hetero) is 1. The second kappa shape index (κ2) is 6.36. The Morgan fingerprint density at radius 1 is 1.30 bits per heavy atom. The highest BCUT2D eigenvalue weighted by molar-refractivity contribution is 6.05. The molecule has 0 spiro atoms. The Labute approximate surface area is 134 Å². The minimum atomic E-state index is -0.311. The zero-order valence-electron chi connectivity index (χ0n) is 13.0. The van der Waals surface area contributed by atoms with Crippen LogP contribution >= 0.6 is 0 Å². The van der Waals surface area contributed by atoms with Crippen molar-refractivity contribution >= 4 is 23.3 Å². The summed E-state index contributed by atoms with van der Waals surface area (Å²) in [6.45, 7) is 1.54. The van der Waals surface area contributed by atoms with E-state index in [1.165, 1.54) is 0 Å². The van der Waals surface area contributed by atoms with Crippen molar-refractivity contribution in [1.29, 1.82) is 0 Å². The van der Waals surface area contributed by atoms with E-state index in [1.54, 1.807) is 25.1 Å². The molecule has 1 aromatic rings. The number of fused-ring (bicyclic) bond motifs is 1. The van der Waals surface area contributed by atoms with Crippen LogP contribution in [-0.4, -0.2) is 24.3 Å². The monoisotopic (exact) mass is 313 g/mol. The van der Waals surface area contributed by atoms with E-state index in [0.29, 0.717) is 12.0 Å². The lowest BCUT2D eigenvalue weighted by Gasteiger charge is -2.16. The molecule has 0 saturated heterocycles. The summed E-state index contributed by atoms with van der Waals surface area (Å²) >= 11 is 0. The fraction of sp³-hybridized carbons (Fsp3) is 0.389. The summed E-state index contributed by atoms with van der Waals surface area (Å²) in [7, 11) is 0. The van der Waals surface area contributed by atoms with Gasteiger partial charge < -0.3 is 10.1 Å². The highest BCUT2D eigenvalue weighted by Crippen LogP contribution is 2.32. The molecule has 1 aliphatic carbocycles. The molecule has 2 aliphatic rings. The molecule has 0 radical (unpaired) electrons. The third-order valence-corrected chi connectivity index (χ3v) is 4.44. The highest BCUT2D eigenvalue weighted by atomic mass is 16.5. The van der Waals surface area contributed by atoms with E-state index in [1.807, 2.05) is 6.08 Å². The molecule has 1 heterocycles. The van der Waals surface area contributed by atoms with Gasteiger partial charge in [0.05, 0.1) is 11.8 Å². The summed E-state index contributed by atoms with van der Waals surface area (Å²) in [5, 5.41) is 2.76. The van der Waals surface area contributed by atoms with E-state index in [0.717, 1.165) is 24.1 Å². The zero-order chi connectivity index (χ0) is 16.4. The van der Waals surface area contributed by atoms with Crippen molar-refractivity contribution in [3.05, 3.63) is 41.5 Å². The summed E-state index contributed by atoms with van der Waals surface area (Å²) < 4.78 is 5.16. The van der Waals surface area contributed by atoms with Gasteiger partial charge in [0.1, 0.15) is 0 Å². The third kappa shape index (κ3) is 3.18. The van der Waals surface area contributed by atoms with Gasteiger partial charge in [-0.3, -0.25) is 14.4 Å². The molecule has 0 bridgehead atoms. The van der Waals surface area contributed by atoms with Crippen LogP contribution in [0.1, 0.15) is 48.0 Å². The van der Waals surface area contributed by atoms with Crippen molar-refractivity contribution in [1.82, 2.24) is 0 Å². The van der Waals surface area contributed by atoms with Crippen molar-refractivity contribution in [3.8, 4) is 0 Å². The highest BCUT2D eigenvalue weighted by Gasteiger charge is 2.27. The van der Waals surface area contributed by atoms with Gasteiger partial charge in [-0.05, 0) is 49.9 Å². The maximum atomic E-state index is 12.2. The Morgan fingerprint density at radius 2 is 2.13 bits per heavy atom. The number of benzene rings is 1. The maximum absolute atomic E-state index is 12.2. The lowest BCUT2D eigenvalue weighted by Crippen LogP contribution is -2.22. The fourth-order valence-corrected chi connectivity index (χ4v) is 2.94. The van der Waals surface area contributed by atoms with Gasteiger partial charge in [0.2, 0.25) is 5.91 Å². The number of esters is 1. The first-order valence-electron chi connectivity index (χ1n) is 7.86. The van der Waals surface area contributed by atoms with Gasteiger partial charge in [-0.1, -0.05) is 12.2 Å². The smallest absolute Gasteiger partial charge is 0.309 e. The molecule has 120 valence electrons. The Bertz CT molecular complexity index is 692. The first-order chi connectivity index (χ1) is 11.1. The first kappa shape index (κ1) is 15.5. The average molecular weight is 313 g/mol. The number of nitrogens with one attached hydrogen (secondary N) is 1. The van der Waals surface area contributed by atoms with Crippen LogP contribution in [0.2, 0.25) is 0 Å². The number of amides is 1. The number of carbonyl (C=O) groups is 3. The van der Waals surface area contributed by atoms with Gasteiger partial charge in [0.25, 0.3) is 0 Å². The minimum absolute atomic E-state index is 0.0682. The van der Waals surface area contributed by atoms with E-state index < -0.39 is 0 Å². The van der Waals surface area contributed by atoms with Crippen LogP contribution in [0.15, 0.2) is 30.4 Å². The molecule has 0 unspecified atom stereocenters. The van der Waals surface area contributed by atoms with Gasteiger partial charge in [0.15, 0.2) is 12.4 Å². The summed E-state index contributed by atoms with van der Waals surface area (Å²) in [6, 6.07) is 5.08. The summed E-state index contributed by atoms with van der Waals surface area (Å²) in [4.78, 5) is 35.8. The molecule has 1 amide bonds. The number of hydrogen-bond acceptors (Lipinski definition) is 4. The fourth-order valence-electron chi connectivity index (χ4n) is 2.94. The Morgan fingerprint density at radius 3 is 2.87 bits per heavy atom. The summed E-state index contributed by atoms with van der Waals surface area (Å²) in [5.41, 5.74) is 2.01. The van der Waals surface area contributed by atoms with E-state index in [-0.39, 0.29) is 36.1 Å². The van der Waals surface area contributed by atoms with E-state index in [4.69, 9.17) is 4.74 Å². The Hall–Kier alpha value is -2.43. The molecule has 0 aromatic heterocycles. The molecule has 23 heavy (non-hydrogen) atoms. The van der Waals surface area contributed by atoms with E-state index in [9.17, 15) is 14.4 Å². The molecule has 5 heteroatoms. The number of anilines is 1. The average Bonchev–Trinajstić information content (AvgIpc) is 2.87. The largest absolute Gasteiger partial charge is 0.457 e. The lowest BCUT2D eigenvalue weighted by atomic mass is 9.95. The molecule has 1 N–H and O–H groups in total.